The van der Waals surface area contributed by atoms with Gasteiger partial charge in [-0.25, -0.2) is 0 Å². The van der Waals surface area contributed by atoms with Gasteiger partial charge in [0.25, 0.3) is 0 Å². The van der Waals surface area contributed by atoms with E-state index >= 15 is 0 Å². The molecule has 0 saturated heterocycles. The predicted octanol–water partition coefficient (Wildman–Crippen LogP) is 2.53. The number of amides is 1. The van der Waals surface area contributed by atoms with E-state index in [1.165, 1.54) is 5.56 Å². The zero-order valence-electron chi connectivity index (χ0n) is 11.8. The number of benzene rings is 1. The highest BCUT2D eigenvalue weighted by Gasteiger charge is 2.09. The fourth-order valence-corrected chi connectivity index (χ4v) is 2.19. The van der Waals surface area contributed by atoms with Crippen LogP contribution in [0.5, 0.6) is 0 Å². The minimum absolute atomic E-state index is 0.0999. The van der Waals surface area contributed by atoms with Gasteiger partial charge >= 0.3 is 0 Å². The van der Waals surface area contributed by atoms with Crippen molar-refractivity contribution >= 4 is 5.91 Å². The molecule has 0 radical (unpaired) electrons. The first-order valence-electron chi connectivity index (χ1n) is 7.17. The summed E-state index contributed by atoms with van der Waals surface area (Å²) in [7, 11) is 0. The highest BCUT2D eigenvalue weighted by molar-refractivity contribution is 5.76. The van der Waals surface area contributed by atoms with Gasteiger partial charge in [-0.05, 0) is 30.7 Å². The van der Waals surface area contributed by atoms with E-state index in [1.54, 1.807) is 0 Å². The normalized spacial score (nSPS) is 12.1. The van der Waals surface area contributed by atoms with Crippen molar-refractivity contribution in [1.29, 1.82) is 0 Å². The molecule has 1 amide bonds. The fraction of sp³-hybridized carbons (Fsp3) is 0.562. The standard InChI is InChI=1S/C16H25NO2/c1-2-6-15(11-12-18)13-17-16(19)10-9-14-7-4-3-5-8-14/h3-5,7-8,15,18H,2,6,9-13H2,1H3,(H,17,19). The number of hydrogen-bond acceptors (Lipinski definition) is 2. The lowest BCUT2D eigenvalue weighted by atomic mass is 10.00. The van der Waals surface area contributed by atoms with Crippen LogP contribution in [-0.4, -0.2) is 24.2 Å². The van der Waals surface area contributed by atoms with Crippen LogP contribution in [0.25, 0.3) is 0 Å². The molecule has 1 unspecified atom stereocenters. The molecule has 0 heterocycles. The van der Waals surface area contributed by atoms with Crippen LogP contribution in [0.1, 0.15) is 38.2 Å². The first kappa shape index (κ1) is 15.7. The third-order valence-electron chi connectivity index (χ3n) is 3.31. The average molecular weight is 263 g/mol. The van der Waals surface area contributed by atoms with Gasteiger partial charge in [-0.2, -0.15) is 0 Å². The Balaban J connectivity index is 2.23. The summed E-state index contributed by atoms with van der Waals surface area (Å²) in [4.78, 5) is 11.8. The van der Waals surface area contributed by atoms with Crippen LogP contribution in [-0.2, 0) is 11.2 Å². The molecule has 0 aliphatic rings. The van der Waals surface area contributed by atoms with Crippen LogP contribution in [0.2, 0.25) is 0 Å². The highest BCUT2D eigenvalue weighted by Crippen LogP contribution is 2.09. The van der Waals surface area contributed by atoms with E-state index in [0.717, 1.165) is 25.7 Å². The second-order valence-electron chi connectivity index (χ2n) is 4.96. The molecule has 1 aromatic rings. The number of carbonyl (C=O) groups is 1. The zero-order valence-corrected chi connectivity index (χ0v) is 11.8. The molecule has 0 fully saturated rings. The predicted molar refractivity (Wildman–Crippen MR) is 77.9 cm³/mol. The highest BCUT2D eigenvalue weighted by atomic mass is 16.3. The van der Waals surface area contributed by atoms with Crippen LogP contribution in [0, 0.1) is 5.92 Å². The summed E-state index contributed by atoms with van der Waals surface area (Å²) in [5, 5.41) is 11.9. The quantitative estimate of drug-likeness (QED) is 0.719. The van der Waals surface area contributed by atoms with Gasteiger partial charge < -0.3 is 10.4 Å². The van der Waals surface area contributed by atoms with E-state index < -0.39 is 0 Å². The van der Waals surface area contributed by atoms with Crippen LogP contribution < -0.4 is 5.32 Å². The van der Waals surface area contributed by atoms with E-state index in [0.29, 0.717) is 18.9 Å². The molecule has 1 atom stereocenters. The van der Waals surface area contributed by atoms with Gasteiger partial charge in [0.05, 0.1) is 0 Å². The van der Waals surface area contributed by atoms with Gasteiger partial charge in [-0.3, -0.25) is 4.79 Å². The monoisotopic (exact) mass is 263 g/mol. The molecule has 0 aromatic heterocycles. The van der Waals surface area contributed by atoms with Crippen molar-refractivity contribution in [3.63, 3.8) is 0 Å². The Morgan fingerprint density at radius 3 is 2.63 bits per heavy atom. The van der Waals surface area contributed by atoms with E-state index in [2.05, 4.69) is 12.2 Å². The van der Waals surface area contributed by atoms with Crippen molar-refractivity contribution in [3.8, 4) is 0 Å². The SMILES string of the molecule is CCCC(CCO)CNC(=O)CCc1ccccc1. The van der Waals surface area contributed by atoms with E-state index in [9.17, 15) is 4.79 Å². The minimum Gasteiger partial charge on any atom is -0.396 e. The molecule has 1 rings (SSSR count). The zero-order chi connectivity index (χ0) is 13.9. The Morgan fingerprint density at radius 2 is 2.00 bits per heavy atom. The number of aryl methyl sites for hydroxylation is 1. The maximum absolute atomic E-state index is 11.8. The molecular weight excluding hydrogens is 238 g/mol. The smallest absolute Gasteiger partial charge is 0.220 e. The van der Waals surface area contributed by atoms with Gasteiger partial charge in [0.15, 0.2) is 0 Å². The van der Waals surface area contributed by atoms with Crippen molar-refractivity contribution in [2.75, 3.05) is 13.2 Å². The second kappa shape index (κ2) is 9.56. The summed E-state index contributed by atoms with van der Waals surface area (Å²) < 4.78 is 0. The number of nitrogens with one attached hydrogen (secondary N) is 1. The van der Waals surface area contributed by atoms with Gasteiger partial charge in [-0.1, -0.05) is 43.7 Å². The van der Waals surface area contributed by atoms with Crippen LogP contribution in [0.15, 0.2) is 30.3 Å². The maximum Gasteiger partial charge on any atom is 0.220 e. The summed E-state index contributed by atoms with van der Waals surface area (Å²) >= 11 is 0. The lowest BCUT2D eigenvalue weighted by molar-refractivity contribution is -0.121. The Labute approximate surface area is 116 Å². The Bertz CT molecular complexity index is 345. The molecular formula is C16H25NO2. The van der Waals surface area contributed by atoms with Gasteiger partial charge in [0.2, 0.25) is 5.91 Å². The summed E-state index contributed by atoms with van der Waals surface area (Å²) in [5.41, 5.74) is 1.19. The van der Waals surface area contributed by atoms with E-state index in [-0.39, 0.29) is 12.5 Å². The van der Waals surface area contributed by atoms with Crippen molar-refractivity contribution in [3.05, 3.63) is 35.9 Å². The number of aliphatic hydroxyl groups is 1. The average Bonchev–Trinajstić information content (AvgIpc) is 2.44. The van der Waals surface area contributed by atoms with Gasteiger partial charge in [0, 0.05) is 19.6 Å². The summed E-state index contributed by atoms with van der Waals surface area (Å²) in [6.45, 7) is 3.01. The minimum atomic E-state index is 0.0999. The van der Waals surface area contributed by atoms with Crippen molar-refractivity contribution < 1.29 is 9.90 Å². The van der Waals surface area contributed by atoms with Crippen molar-refractivity contribution in [2.45, 2.75) is 39.0 Å². The fourth-order valence-electron chi connectivity index (χ4n) is 2.19. The van der Waals surface area contributed by atoms with Crippen LogP contribution >= 0.6 is 0 Å². The summed E-state index contributed by atoms with van der Waals surface area (Å²) in [6, 6.07) is 10.0. The van der Waals surface area contributed by atoms with Crippen molar-refractivity contribution in [2.24, 2.45) is 5.92 Å². The van der Waals surface area contributed by atoms with E-state index in [4.69, 9.17) is 5.11 Å². The molecule has 0 aliphatic carbocycles. The Morgan fingerprint density at radius 1 is 1.26 bits per heavy atom. The first-order valence-corrected chi connectivity index (χ1v) is 7.17. The lowest BCUT2D eigenvalue weighted by Crippen LogP contribution is -2.29. The molecule has 0 bridgehead atoms. The molecule has 2 N–H and O–H groups in total. The van der Waals surface area contributed by atoms with Crippen LogP contribution in [0.3, 0.4) is 0 Å². The maximum atomic E-state index is 11.8. The third kappa shape index (κ3) is 6.97. The van der Waals surface area contributed by atoms with E-state index in [1.807, 2.05) is 30.3 Å². The Hall–Kier alpha value is -1.35. The largest absolute Gasteiger partial charge is 0.396 e. The molecule has 106 valence electrons. The first-order chi connectivity index (χ1) is 9.26. The molecule has 19 heavy (non-hydrogen) atoms. The molecule has 3 heteroatoms. The second-order valence-corrected chi connectivity index (χ2v) is 4.96. The topological polar surface area (TPSA) is 49.3 Å². The van der Waals surface area contributed by atoms with Gasteiger partial charge in [0.1, 0.15) is 0 Å². The molecule has 3 nitrogen and oxygen atoms in total. The summed E-state index contributed by atoms with van der Waals surface area (Å²) in [5.74, 6) is 0.499. The molecule has 1 aromatic carbocycles. The van der Waals surface area contributed by atoms with Gasteiger partial charge in [-0.15, -0.1) is 0 Å². The number of aliphatic hydroxyl groups excluding tert-OH is 1. The molecule has 0 aliphatic heterocycles. The molecule has 0 saturated carbocycles. The summed E-state index contributed by atoms with van der Waals surface area (Å²) in [6.07, 6.45) is 4.23. The number of hydrogen-bond donors (Lipinski definition) is 2. The van der Waals surface area contributed by atoms with Crippen LogP contribution in [0.4, 0.5) is 0 Å². The molecule has 0 spiro atoms. The Kier molecular flexibility index (Phi) is 7.91. The number of rotatable bonds is 9. The van der Waals surface area contributed by atoms with Crippen molar-refractivity contribution in [1.82, 2.24) is 5.32 Å². The third-order valence-corrected chi connectivity index (χ3v) is 3.31. The number of carbonyl (C=O) groups excluding carboxylic acids is 1. The lowest BCUT2D eigenvalue weighted by Gasteiger charge is -2.15.